The van der Waals surface area contributed by atoms with Crippen molar-refractivity contribution >= 4 is 17.3 Å². The van der Waals surface area contributed by atoms with Crippen molar-refractivity contribution < 1.29 is 22.4 Å². The third-order valence-electron chi connectivity index (χ3n) is 4.44. The highest BCUT2D eigenvalue weighted by atomic mass is 19.4. The van der Waals surface area contributed by atoms with Gasteiger partial charge < -0.3 is 20.8 Å². The third-order valence-corrected chi connectivity index (χ3v) is 4.44. The topological polar surface area (TPSA) is 106 Å². The van der Waals surface area contributed by atoms with Crippen LogP contribution < -0.4 is 16.4 Å². The molecule has 4 N–H and O–H groups in total. The van der Waals surface area contributed by atoms with Crippen molar-refractivity contribution in [1.82, 2.24) is 15.5 Å². The molecule has 7 nitrogen and oxygen atoms in total. The van der Waals surface area contributed by atoms with Gasteiger partial charge >= 0.3 is 6.18 Å². The standard InChI is InChI=1S/C19H15F3N4O2.CH5N/c20-19(21,22)11-5-7-12(8-6-11)24-15-4-2-1-3-13(15)17-25-26-18(28-17)14-9-10-23-16(14)27;1-2/h1-8,14,24H,9-10H2,(H,23,27);2H2,1H3. The van der Waals surface area contributed by atoms with Crippen LogP contribution in [0.25, 0.3) is 11.5 Å². The highest BCUT2D eigenvalue weighted by Crippen LogP contribution is 2.33. The number of para-hydroxylation sites is 1. The molecule has 1 fully saturated rings. The lowest BCUT2D eigenvalue weighted by Gasteiger charge is -2.11. The first-order chi connectivity index (χ1) is 14.4. The average Bonchev–Trinajstić information content (AvgIpc) is 3.38. The number of rotatable bonds is 4. The second-order valence-electron chi connectivity index (χ2n) is 6.32. The van der Waals surface area contributed by atoms with E-state index < -0.39 is 17.7 Å². The minimum Gasteiger partial charge on any atom is -0.420 e. The summed E-state index contributed by atoms with van der Waals surface area (Å²) in [6.45, 7) is 0.563. The predicted octanol–water partition coefficient (Wildman–Crippen LogP) is 3.68. The molecule has 1 saturated heterocycles. The SMILES string of the molecule is CN.O=C1NCCC1c1nnc(-c2ccccc2Nc2ccc(C(F)(F)F)cc2)o1. The first-order valence-corrected chi connectivity index (χ1v) is 9.14. The Hall–Kier alpha value is -3.40. The Morgan fingerprint density at radius 2 is 1.80 bits per heavy atom. The second kappa shape index (κ2) is 8.95. The Morgan fingerprint density at radius 3 is 2.43 bits per heavy atom. The lowest BCUT2D eigenvalue weighted by Crippen LogP contribution is -2.18. The molecular weight excluding hydrogens is 399 g/mol. The fourth-order valence-electron chi connectivity index (χ4n) is 2.99. The Kier molecular flexibility index (Phi) is 6.36. The number of alkyl halides is 3. The fraction of sp³-hybridized carbons (Fsp3) is 0.250. The molecule has 0 saturated carbocycles. The van der Waals surface area contributed by atoms with E-state index in [0.29, 0.717) is 29.9 Å². The van der Waals surface area contributed by atoms with E-state index in [1.54, 1.807) is 24.3 Å². The van der Waals surface area contributed by atoms with Crippen molar-refractivity contribution in [2.45, 2.75) is 18.5 Å². The summed E-state index contributed by atoms with van der Waals surface area (Å²) < 4.78 is 43.8. The molecule has 1 unspecified atom stereocenters. The van der Waals surface area contributed by atoms with Gasteiger partial charge in [-0.3, -0.25) is 4.79 Å². The van der Waals surface area contributed by atoms with Gasteiger partial charge in [0.05, 0.1) is 16.8 Å². The van der Waals surface area contributed by atoms with Crippen LogP contribution in [0.3, 0.4) is 0 Å². The van der Waals surface area contributed by atoms with Crippen LogP contribution in [0.2, 0.25) is 0 Å². The van der Waals surface area contributed by atoms with Crippen LogP contribution in [0.5, 0.6) is 0 Å². The number of hydrogen-bond donors (Lipinski definition) is 3. The molecule has 1 aromatic heterocycles. The number of hydrogen-bond acceptors (Lipinski definition) is 6. The molecule has 0 aliphatic carbocycles. The lowest BCUT2D eigenvalue weighted by molar-refractivity contribution is -0.137. The maximum Gasteiger partial charge on any atom is 0.416 e. The average molecular weight is 419 g/mol. The van der Waals surface area contributed by atoms with Crippen molar-refractivity contribution in [2.24, 2.45) is 5.73 Å². The number of anilines is 2. The monoisotopic (exact) mass is 419 g/mol. The Balaban J connectivity index is 0.00000124. The van der Waals surface area contributed by atoms with Gasteiger partial charge in [0.25, 0.3) is 0 Å². The Labute approximate surface area is 170 Å². The third kappa shape index (κ3) is 4.60. The highest BCUT2D eigenvalue weighted by molar-refractivity contribution is 5.84. The number of nitrogens with two attached hydrogens (primary N) is 1. The van der Waals surface area contributed by atoms with Gasteiger partial charge in [0, 0.05) is 12.2 Å². The smallest absolute Gasteiger partial charge is 0.416 e. The molecule has 0 radical (unpaired) electrons. The minimum absolute atomic E-state index is 0.147. The molecule has 0 spiro atoms. The highest BCUT2D eigenvalue weighted by Gasteiger charge is 2.31. The van der Waals surface area contributed by atoms with Gasteiger partial charge in [0.1, 0.15) is 5.92 Å². The molecule has 4 rings (SSSR count). The van der Waals surface area contributed by atoms with Crippen LogP contribution in [0.15, 0.2) is 52.9 Å². The molecule has 0 bridgehead atoms. The summed E-state index contributed by atoms with van der Waals surface area (Å²) in [6, 6.07) is 11.8. The summed E-state index contributed by atoms with van der Waals surface area (Å²) >= 11 is 0. The zero-order valence-corrected chi connectivity index (χ0v) is 16.0. The number of benzene rings is 2. The fourth-order valence-corrected chi connectivity index (χ4v) is 2.99. The van der Waals surface area contributed by atoms with E-state index in [1.165, 1.54) is 19.2 Å². The number of nitrogens with zero attached hydrogens (tertiary/aromatic N) is 2. The summed E-state index contributed by atoms with van der Waals surface area (Å²) in [5.41, 5.74) is 5.44. The number of carbonyl (C=O) groups is 1. The van der Waals surface area contributed by atoms with Gasteiger partial charge in [-0.2, -0.15) is 13.2 Å². The van der Waals surface area contributed by atoms with Crippen molar-refractivity contribution in [3.8, 4) is 11.5 Å². The van der Waals surface area contributed by atoms with Crippen LogP contribution in [-0.4, -0.2) is 29.7 Å². The molecule has 1 aliphatic heterocycles. The predicted molar refractivity (Wildman–Crippen MR) is 105 cm³/mol. The minimum atomic E-state index is -4.39. The number of nitrogens with one attached hydrogen (secondary N) is 2. The van der Waals surface area contributed by atoms with Crippen molar-refractivity contribution in [2.75, 3.05) is 18.9 Å². The van der Waals surface area contributed by atoms with Crippen molar-refractivity contribution in [3.05, 3.63) is 60.0 Å². The van der Waals surface area contributed by atoms with Crippen LogP contribution in [-0.2, 0) is 11.0 Å². The maximum atomic E-state index is 12.7. The molecule has 10 heteroatoms. The second-order valence-corrected chi connectivity index (χ2v) is 6.32. The summed E-state index contributed by atoms with van der Waals surface area (Å²) in [5.74, 6) is -0.137. The molecule has 2 aromatic carbocycles. The van der Waals surface area contributed by atoms with E-state index in [-0.39, 0.29) is 17.7 Å². The van der Waals surface area contributed by atoms with E-state index >= 15 is 0 Å². The molecule has 3 aromatic rings. The van der Waals surface area contributed by atoms with E-state index in [4.69, 9.17) is 4.42 Å². The van der Waals surface area contributed by atoms with Gasteiger partial charge in [-0.1, -0.05) is 12.1 Å². The molecule has 1 amide bonds. The van der Waals surface area contributed by atoms with Gasteiger partial charge in [0.15, 0.2) is 0 Å². The van der Waals surface area contributed by atoms with Gasteiger partial charge in [0.2, 0.25) is 17.7 Å². The van der Waals surface area contributed by atoms with Crippen molar-refractivity contribution in [1.29, 1.82) is 0 Å². The van der Waals surface area contributed by atoms with Gasteiger partial charge in [-0.15, -0.1) is 10.2 Å². The number of halogens is 3. The van der Waals surface area contributed by atoms with E-state index in [2.05, 4.69) is 26.6 Å². The van der Waals surface area contributed by atoms with E-state index in [9.17, 15) is 18.0 Å². The first-order valence-electron chi connectivity index (χ1n) is 9.14. The quantitative estimate of drug-likeness (QED) is 0.596. The zero-order chi connectivity index (χ0) is 21.7. The van der Waals surface area contributed by atoms with E-state index in [1.807, 2.05) is 0 Å². The normalized spacial score (nSPS) is 15.9. The number of amides is 1. The lowest BCUT2D eigenvalue weighted by atomic mass is 10.1. The van der Waals surface area contributed by atoms with Crippen LogP contribution >= 0.6 is 0 Å². The molecule has 158 valence electrons. The number of aromatic nitrogens is 2. The maximum absolute atomic E-state index is 12.7. The summed E-state index contributed by atoms with van der Waals surface area (Å²) in [4.78, 5) is 11.8. The number of carbonyl (C=O) groups excluding carboxylic acids is 1. The van der Waals surface area contributed by atoms with Gasteiger partial charge in [-0.25, -0.2) is 0 Å². The summed E-state index contributed by atoms with van der Waals surface area (Å²) in [7, 11) is 1.50. The van der Waals surface area contributed by atoms with Crippen LogP contribution in [0, 0.1) is 0 Å². The molecule has 2 heterocycles. The molecule has 30 heavy (non-hydrogen) atoms. The van der Waals surface area contributed by atoms with Gasteiger partial charge in [-0.05, 0) is 49.9 Å². The first kappa shape index (κ1) is 21.3. The summed E-state index contributed by atoms with van der Waals surface area (Å²) in [6.07, 6.45) is -3.80. The van der Waals surface area contributed by atoms with E-state index in [0.717, 1.165) is 12.1 Å². The van der Waals surface area contributed by atoms with Crippen LogP contribution in [0.4, 0.5) is 24.5 Å². The molecule has 1 atom stereocenters. The molecule has 1 aliphatic rings. The molecular formula is C20H20F3N5O2. The van der Waals surface area contributed by atoms with Crippen molar-refractivity contribution in [3.63, 3.8) is 0 Å². The summed E-state index contributed by atoms with van der Waals surface area (Å²) in [5, 5.41) is 13.8. The zero-order valence-electron chi connectivity index (χ0n) is 16.0. The largest absolute Gasteiger partial charge is 0.420 e. The van der Waals surface area contributed by atoms with Crippen LogP contribution in [0.1, 0.15) is 23.8 Å². The Morgan fingerprint density at radius 1 is 1.10 bits per heavy atom. The Bertz CT molecular complexity index is 1000.